The lowest BCUT2D eigenvalue weighted by Crippen LogP contribution is -2.41. The van der Waals surface area contributed by atoms with Crippen molar-refractivity contribution in [1.82, 2.24) is 4.90 Å². The number of carbonyl (C=O) groups is 1. The fourth-order valence-corrected chi connectivity index (χ4v) is 2.67. The molecule has 1 aromatic rings. The molecule has 1 unspecified atom stereocenters. The third kappa shape index (κ3) is 3.42. The van der Waals surface area contributed by atoms with E-state index in [1.165, 1.54) is 0 Å². The Hall–Kier alpha value is -1.75. The minimum atomic E-state index is 0.0106. The lowest BCUT2D eigenvalue weighted by atomic mass is 9.98. The Balaban J connectivity index is 2.12. The van der Waals surface area contributed by atoms with Crippen LogP contribution in [0.2, 0.25) is 0 Å². The predicted molar refractivity (Wildman–Crippen MR) is 77.9 cm³/mol. The summed E-state index contributed by atoms with van der Waals surface area (Å²) in [5.74, 6) is 1.04. The first-order chi connectivity index (χ1) is 9.63. The predicted octanol–water partition coefficient (Wildman–Crippen LogP) is 1.78. The summed E-state index contributed by atoms with van der Waals surface area (Å²) in [6, 6.07) is 5.14. The van der Waals surface area contributed by atoms with Gasteiger partial charge in [0, 0.05) is 37.5 Å². The number of nitrogens with zero attached hydrogens (tertiary/aromatic N) is 1. The number of piperidine rings is 1. The second kappa shape index (κ2) is 6.61. The molecule has 5 nitrogen and oxygen atoms in total. The van der Waals surface area contributed by atoms with Crippen molar-refractivity contribution in [3.63, 3.8) is 0 Å². The van der Waals surface area contributed by atoms with Crippen LogP contribution in [0.1, 0.15) is 23.2 Å². The van der Waals surface area contributed by atoms with E-state index in [4.69, 9.17) is 15.2 Å². The molecule has 1 saturated heterocycles. The Morgan fingerprint density at radius 3 is 2.90 bits per heavy atom. The van der Waals surface area contributed by atoms with E-state index in [0.29, 0.717) is 29.5 Å². The maximum Gasteiger partial charge on any atom is 0.254 e. The summed E-state index contributed by atoms with van der Waals surface area (Å²) >= 11 is 0. The second-order valence-electron chi connectivity index (χ2n) is 5.21. The largest absolute Gasteiger partial charge is 0.497 e. The van der Waals surface area contributed by atoms with Crippen LogP contribution in [-0.4, -0.2) is 44.7 Å². The second-order valence-corrected chi connectivity index (χ2v) is 5.21. The molecule has 0 spiro atoms. The van der Waals surface area contributed by atoms with Crippen molar-refractivity contribution in [3.8, 4) is 5.75 Å². The van der Waals surface area contributed by atoms with E-state index in [1.807, 2.05) is 4.90 Å². The maximum atomic E-state index is 12.5. The Morgan fingerprint density at radius 1 is 1.40 bits per heavy atom. The number of hydrogen-bond donors (Lipinski definition) is 1. The molecule has 2 rings (SSSR count). The summed E-state index contributed by atoms with van der Waals surface area (Å²) in [7, 11) is 3.27. The fraction of sp³-hybridized carbons (Fsp3) is 0.533. The lowest BCUT2D eigenvalue weighted by Gasteiger charge is -2.32. The van der Waals surface area contributed by atoms with Crippen molar-refractivity contribution < 1.29 is 14.3 Å². The molecular weight excluding hydrogens is 256 g/mol. The molecule has 110 valence electrons. The molecule has 1 amide bonds. The number of methoxy groups -OCH3 is 2. The van der Waals surface area contributed by atoms with Crippen LogP contribution in [0.25, 0.3) is 0 Å². The van der Waals surface area contributed by atoms with Crippen LogP contribution >= 0.6 is 0 Å². The SMILES string of the molecule is COCC1CCCN(C(=O)c2cc(N)cc(OC)c2)C1. The Kier molecular flexibility index (Phi) is 4.84. The molecule has 1 aliphatic heterocycles. The van der Waals surface area contributed by atoms with Crippen molar-refractivity contribution in [2.45, 2.75) is 12.8 Å². The van der Waals surface area contributed by atoms with Gasteiger partial charge in [-0.25, -0.2) is 0 Å². The minimum absolute atomic E-state index is 0.0106. The summed E-state index contributed by atoms with van der Waals surface area (Å²) in [4.78, 5) is 14.4. The molecule has 2 N–H and O–H groups in total. The molecule has 0 aliphatic carbocycles. The van der Waals surface area contributed by atoms with Crippen LogP contribution in [0.4, 0.5) is 5.69 Å². The van der Waals surface area contributed by atoms with Crippen molar-refractivity contribution in [3.05, 3.63) is 23.8 Å². The standard InChI is InChI=1S/C15H22N2O3/c1-19-10-11-4-3-5-17(9-11)15(18)12-6-13(16)8-14(7-12)20-2/h6-8,11H,3-5,9-10,16H2,1-2H3. The smallest absolute Gasteiger partial charge is 0.254 e. The number of ether oxygens (including phenoxy) is 2. The quantitative estimate of drug-likeness (QED) is 0.853. The van der Waals surface area contributed by atoms with Crippen LogP contribution in [0.3, 0.4) is 0 Å². The summed E-state index contributed by atoms with van der Waals surface area (Å²) in [5.41, 5.74) is 6.93. The number of amides is 1. The van der Waals surface area contributed by atoms with E-state index in [-0.39, 0.29) is 5.91 Å². The van der Waals surface area contributed by atoms with Crippen molar-refractivity contribution in [2.75, 3.05) is 39.6 Å². The highest BCUT2D eigenvalue weighted by atomic mass is 16.5. The lowest BCUT2D eigenvalue weighted by molar-refractivity contribution is 0.0570. The van der Waals surface area contributed by atoms with Crippen LogP contribution in [-0.2, 0) is 4.74 Å². The molecule has 0 saturated carbocycles. The maximum absolute atomic E-state index is 12.5. The molecule has 1 aliphatic rings. The van der Waals surface area contributed by atoms with Gasteiger partial charge in [-0.2, -0.15) is 0 Å². The number of likely N-dealkylation sites (tertiary alicyclic amines) is 1. The summed E-state index contributed by atoms with van der Waals surface area (Å²) in [5, 5.41) is 0. The molecule has 0 bridgehead atoms. The van der Waals surface area contributed by atoms with E-state index in [1.54, 1.807) is 32.4 Å². The third-order valence-electron chi connectivity index (χ3n) is 3.62. The molecule has 5 heteroatoms. The first-order valence-corrected chi connectivity index (χ1v) is 6.86. The number of nitrogen functional groups attached to an aromatic ring is 1. The zero-order chi connectivity index (χ0) is 14.5. The molecule has 0 radical (unpaired) electrons. The van der Waals surface area contributed by atoms with Crippen LogP contribution in [0.5, 0.6) is 5.75 Å². The Labute approximate surface area is 119 Å². The van der Waals surface area contributed by atoms with Gasteiger partial charge in [0.05, 0.1) is 13.7 Å². The van der Waals surface area contributed by atoms with Crippen LogP contribution in [0, 0.1) is 5.92 Å². The normalized spacial score (nSPS) is 18.9. The highest BCUT2D eigenvalue weighted by Crippen LogP contribution is 2.23. The van der Waals surface area contributed by atoms with Gasteiger partial charge in [-0.15, -0.1) is 0 Å². The molecule has 1 atom stereocenters. The van der Waals surface area contributed by atoms with Gasteiger partial charge < -0.3 is 20.1 Å². The Morgan fingerprint density at radius 2 is 2.20 bits per heavy atom. The third-order valence-corrected chi connectivity index (χ3v) is 3.62. The van der Waals surface area contributed by atoms with Gasteiger partial charge >= 0.3 is 0 Å². The number of rotatable bonds is 4. The van der Waals surface area contributed by atoms with E-state index in [2.05, 4.69) is 0 Å². The highest BCUT2D eigenvalue weighted by Gasteiger charge is 2.24. The van der Waals surface area contributed by atoms with Gasteiger partial charge in [0.25, 0.3) is 5.91 Å². The van der Waals surface area contributed by atoms with Crippen molar-refractivity contribution in [1.29, 1.82) is 0 Å². The van der Waals surface area contributed by atoms with Crippen LogP contribution in [0.15, 0.2) is 18.2 Å². The van der Waals surface area contributed by atoms with Gasteiger partial charge in [-0.05, 0) is 30.9 Å². The first kappa shape index (κ1) is 14.7. The van der Waals surface area contributed by atoms with Gasteiger partial charge in [0.15, 0.2) is 0 Å². The van der Waals surface area contributed by atoms with Gasteiger partial charge in [-0.1, -0.05) is 0 Å². The summed E-state index contributed by atoms with van der Waals surface area (Å²) in [6.45, 7) is 2.23. The van der Waals surface area contributed by atoms with E-state index >= 15 is 0 Å². The minimum Gasteiger partial charge on any atom is -0.497 e. The summed E-state index contributed by atoms with van der Waals surface area (Å²) < 4.78 is 10.4. The van der Waals surface area contributed by atoms with Gasteiger partial charge in [-0.3, -0.25) is 4.79 Å². The molecule has 1 heterocycles. The number of carbonyl (C=O) groups excluding carboxylic acids is 1. The monoisotopic (exact) mass is 278 g/mol. The summed E-state index contributed by atoms with van der Waals surface area (Å²) in [6.07, 6.45) is 2.12. The fourth-order valence-electron chi connectivity index (χ4n) is 2.67. The zero-order valence-electron chi connectivity index (χ0n) is 12.1. The molecule has 0 aromatic heterocycles. The van der Waals surface area contributed by atoms with Gasteiger partial charge in [0.1, 0.15) is 5.75 Å². The highest BCUT2D eigenvalue weighted by molar-refractivity contribution is 5.95. The number of benzene rings is 1. The number of anilines is 1. The topological polar surface area (TPSA) is 64.8 Å². The van der Waals surface area contributed by atoms with E-state index < -0.39 is 0 Å². The number of nitrogens with two attached hydrogens (primary N) is 1. The van der Waals surface area contributed by atoms with E-state index in [9.17, 15) is 4.79 Å². The van der Waals surface area contributed by atoms with E-state index in [0.717, 1.165) is 25.9 Å². The van der Waals surface area contributed by atoms with Crippen LogP contribution < -0.4 is 10.5 Å². The average Bonchev–Trinajstić information content (AvgIpc) is 2.46. The first-order valence-electron chi connectivity index (χ1n) is 6.86. The average molecular weight is 278 g/mol. The molecule has 1 aromatic carbocycles. The zero-order valence-corrected chi connectivity index (χ0v) is 12.1. The number of hydrogen-bond acceptors (Lipinski definition) is 4. The van der Waals surface area contributed by atoms with Crippen molar-refractivity contribution in [2.24, 2.45) is 5.92 Å². The van der Waals surface area contributed by atoms with Gasteiger partial charge in [0.2, 0.25) is 0 Å². The molecular formula is C15H22N2O3. The van der Waals surface area contributed by atoms with Crippen molar-refractivity contribution >= 4 is 11.6 Å². The molecule has 1 fully saturated rings. The molecule has 20 heavy (non-hydrogen) atoms. The Bertz CT molecular complexity index is 474.